The first-order chi connectivity index (χ1) is 8.97. The molecular formula is C17H19IO. The van der Waals surface area contributed by atoms with Crippen LogP contribution < -0.4 is 0 Å². The van der Waals surface area contributed by atoms with Crippen molar-refractivity contribution in [2.45, 2.75) is 33.3 Å². The fourth-order valence-corrected chi connectivity index (χ4v) is 2.89. The number of halogens is 1. The average molecular weight is 366 g/mol. The zero-order chi connectivity index (χ0) is 14.0. The summed E-state index contributed by atoms with van der Waals surface area (Å²) >= 11 is 2.28. The molecule has 1 nitrogen and oxygen atoms in total. The van der Waals surface area contributed by atoms with E-state index < -0.39 is 6.10 Å². The summed E-state index contributed by atoms with van der Waals surface area (Å²) < 4.78 is 1.19. The highest BCUT2D eigenvalue weighted by Gasteiger charge is 2.12. The molecule has 0 aliphatic carbocycles. The van der Waals surface area contributed by atoms with Crippen LogP contribution in [0.1, 0.15) is 33.9 Å². The van der Waals surface area contributed by atoms with Crippen molar-refractivity contribution < 1.29 is 5.11 Å². The third-order valence-corrected chi connectivity index (χ3v) is 4.21. The second-order valence-corrected chi connectivity index (χ2v) is 6.39. The lowest BCUT2D eigenvalue weighted by Gasteiger charge is -2.16. The van der Waals surface area contributed by atoms with Crippen LogP contribution in [0.2, 0.25) is 0 Å². The maximum atomic E-state index is 10.4. The molecule has 2 aromatic rings. The lowest BCUT2D eigenvalue weighted by atomic mass is 9.93. The van der Waals surface area contributed by atoms with Crippen LogP contribution in [0, 0.1) is 24.3 Å². The Balaban J connectivity index is 2.24. The molecular weight excluding hydrogens is 347 g/mol. The van der Waals surface area contributed by atoms with Crippen LogP contribution in [0.25, 0.3) is 0 Å². The summed E-state index contributed by atoms with van der Waals surface area (Å²) in [5.74, 6) is 0. The van der Waals surface area contributed by atoms with Gasteiger partial charge in [-0.15, -0.1) is 0 Å². The number of aliphatic hydroxyl groups is 1. The minimum absolute atomic E-state index is 0.433. The van der Waals surface area contributed by atoms with E-state index >= 15 is 0 Å². The van der Waals surface area contributed by atoms with Crippen LogP contribution in [0.5, 0.6) is 0 Å². The van der Waals surface area contributed by atoms with E-state index in [2.05, 4.69) is 55.5 Å². The Morgan fingerprint density at radius 2 is 1.53 bits per heavy atom. The van der Waals surface area contributed by atoms with Crippen LogP contribution >= 0.6 is 22.6 Å². The third-order valence-electron chi connectivity index (χ3n) is 3.49. The number of hydrogen-bond donors (Lipinski definition) is 1. The standard InChI is InChI=1S/C17H19IO/c1-11-8-12(2)16(13(3)9-11)10-17(19)14-4-6-15(18)7-5-14/h4-9,17,19H,10H2,1-3H3. The molecule has 1 unspecified atom stereocenters. The monoisotopic (exact) mass is 366 g/mol. The van der Waals surface area contributed by atoms with Crippen LogP contribution in [0.4, 0.5) is 0 Å². The number of aryl methyl sites for hydroxylation is 3. The molecule has 2 heteroatoms. The molecule has 0 aliphatic heterocycles. The van der Waals surface area contributed by atoms with Crippen LogP contribution in [-0.2, 0) is 6.42 Å². The molecule has 1 N–H and O–H groups in total. The van der Waals surface area contributed by atoms with Gasteiger partial charge >= 0.3 is 0 Å². The van der Waals surface area contributed by atoms with Gasteiger partial charge in [0.1, 0.15) is 0 Å². The summed E-state index contributed by atoms with van der Waals surface area (Å²) in [7, 11) is 0. The predicted octanol–water partition coefficient (Wildman–Crippen LogP) is 4.49. The minimum Gasteiger partial charge on any atom is -0.388 e. The molecule has 0 radical (unpaired) electrons. The van der Waals surface area contributed by atoms with Gasteiger partial charge in [-0.3, -0.25) is 0 Å². The van der Waals surface area contributed by atoms with E-state index in [0.717, 1.165) is 5.56 Å². The number of aliphatic hydroxyl groups excluding tert-OH is 1. The largest absolute Gasteiger partial charge is 0.388 e. The van der Waals surface area contributed by atoms with Gasteiger partial charge < -0.3 is 5.11 Å². The molecule has 0 aromatic heterocycles. The third kappa shape index (κ3) is 3.57. The molecule has 100 valence electrons. The second-order valence-electron chi connectivity index (χ2n) is 5.15. The fourth-order valence-electron chi connectivity index (χ4n) is 2.53. The first-order valence-electron chi connectivity index (χ1n) is 6.47. The molecule has 1 atom stereocenters. The Bertz CT molecular complexity index is 549. The Kier molecular flexibility index (Phi) is 4.63. The maximum Gasteiger partial charge on any atom is 0.0830 e. The zero-order valence-corrected chi connectivity index (χ0v) is 13.7. The molecule has 0 amide bonds. The van der Waals surface area contributed by atoms with Gasteiger partial charge in [-0.05, 0) is 77.7 Å². The normalized spacial score (nSPS) is 12.5. The summed E-state index contributed by atoms with van der Waals surface area (Å²) in [5, 5.41) is 10.4. The van der Waals surface area contributed by atoms with E-state index in [1.165, 1.54) is 25.8 Å². The van der Waals surface area contributed by atoms with Gasteiger partial charge in [-0.1, -0.05) is 29.8 Å². The Labute approximate surface area is 128 Å². The number of benzene rings is 2. The van der Waals surface area contributed by atoms with Crippen molar-refractivity contribution in [2.75, 3.05) is 0 Å². The van der Waals surface area contributed by atoms with Crippen molar-refractivity contribution in [1.29, 1.82) is 0 Å². The summed E-state index contributed by atoms with van der Waals surface area (Å²) in [5.41, 5.74) is 6.06. The molecule has 0 spiro atoms. The van der Waals surface area contributed by atoms with Crippen molar-refractivity contribution in [3.05, 3.63) is 67.8 Å². The molecule has 0 saturated heterocycles. The summed E-state index contributed by atoms with van der Waals surface area (Å²) in [6.45, 7) is 6.35. The van der Waals surface area contributed by atoms with Crippen molar-refractivity contribution in [3.8, 4) is 0 Å². The molecule has 2 aromatic carbocycles. The summed E-state index contributed by atoms with van der Waals surface area (Å²) in [6.07, 6.45) is 0.246. The first kappa shape index (κ1) is 14.5. The Morgan fingerprint density at radius 3 is 2.05 bits per heavy atom. The molecule has 0 aliphatic rings. The van der Waals surface area contributed by atoms with E-state index in [1.807, 2.05) is 24.3 Å². The number of rotatable bonds is 3. The van der Waals surface area contributed by atoms with Gasteiger partial charge in [0.25, 0.3) is 0 Å². The molecule has 2 rings (SSSR count). The highest BCUT2D eigenvalue weighted by Crippen LogP contribution is 2.24. The van der Waals surface area contributed by atoms with Gasteiger partial charge in [-0.25, -0.2) is 0 Å². The van der Waals surface area contributed by atoms with E-state index in [1.54, 1.807) is 0 Å². The van der Waals surface area contributed by atoms with Gasteiger partial charge in [0, 0.05) is 9.99 Å². The fraction of sp³-hybridized carbons (Fsp3) is 0.294. The average Bonchev–Trinajstić information content (AvgIpc) is 2.34. The SMILES string of the molecule is Cc1cc(C)c(CC(O)c2ccc(I)cc2)c(C)c1. The molecule has 0 bridgehead atoms. The van der Waals surface area contributed by atoms with Crippen LogP contribution in [-0.4, -0.2) is 5.11 Å². The Hall–Kier alpha value is -0.870. The van der Waals surface area contributed by atoms with Gasteiger partial charge in [-0.2, -0.15) is 0 Å². The minimum atomic E-state index is -0.433. The smallest absolute Gasteiger partial charge is 0.0830 e. The summed E-state index contributed by atoms with van der Waals surface area (Å²) in [4.78, 5) is 0. The Morgan fingerprint density at radius 1 is 1.00 bits per heavy atom. The lowest BCUT2D eigenvalue weighted by molar-refractivity contribution is 0.178. The molecule has 0 saturated carbocycles. The number of hydrogen-bond acceptors (Lipinski definition) is 1. The zero-order valence-electron chi connectivity index (χ0n) is 11.6. The molecule has 0 heterocycles. The van der Waals surface area contributed by atoms with E-state index in [4.69, 9.17) is 0 Å². The van der Waals surface area contributed by atoms with Gasteiger partial charge in [0.05, 0.1) is 6.10 Å². The van der Waals surface area contributed by atoms with Crippen molar-refractivity contribution >= 4 is 22.6 Å². The van der Waals surface area contributed by atoms with Crippen molar-refractivity contribution in [3.63, 3.8) is 0 Å². The maximum absolute atomic E-state index is 10.4. The van der Waals surface area contributed by atoms with E-state index in [-0.39, 0.29) is 0 Å². The quantitative estimate of drug-likeness (QED) is 0.794. The van der Waals surface area contributed by atoms with Crippen molar-refractivity contribution in [1.82, 2.24) is 0 Å². The lowest BCUT2D eigenvalue weighted by Crippen LogP contribution is -2.05. The van der Waals surface area contributed by atoms with Gasteiger partial charge in [0.15, 0.2) is 0 Å². The topological polar surface area (TPSA) is 20.2 Å². The van der Waals surface area contributed by atoms with E-state index in [9.17, 15) is 5.11 Å². The van der Waals surface area contributed by atoms with Crippen LogP contribution in [0.15, 0.2) is 36.4 Å². The molecule has 0 fully saturated rings. The van der Waals surface area contributed by atoms with Crippen LogP contribution in [0.3, 0.4) is 0 Å². The molecule has 19 heavy (non-hydrogen) atoms. The second kappa shape index (κ2) is 6.06. The highest BCUT2D eigenvalue weighted by atomic mass is 127. The summed E-state index contributed by atoms with van der Waals surface area (Å²) in [6, 6.07) is 12.4. The highest BCUT2D eigenvalue weighted by molar-refractivity contribution is 14.1. The van der Waals surface area contributed by atoms with Gasteiger partial charge in [0.2, 0.25) is 0 Å². The predicted molar refractivity (Wildman–Crippen MR) is 88.5 cm³/mol. The first-order valence-corrected chi connectivity index (χ1v) is 7.55. The van der Waals surface area contributed by atoms with Crippen molar-refractivity contribution in [2.24, 2.45) is 0 Å². The van der Waals surface area contributed by atoms with E-state index in [0.29, 0.717) is 6.42 Å².